The molecule has 0 amide bonds. The van der Waals surface area contributed by atoms with Gasteiger partial charge in [0.1, 0.15) is 0 Å². The lowest BCUT2D eigenvalue weighted by molar-refractivity contribution is -0.143. The summed E-state index contributed by atoms with van der Waals surface area (Å²) < 4.78 is 4.87. The third kappa shape index (κ3) is 4.65. The zero-order valence-electron chi connectivity index (χ0n) is 9.92. The Hall–Kier alpha value is -0.570. The minimum atomic E-state index is -0.0939. The number of nitrogens with one attached hydrogen (secondary N) is 1. The fourth-order valence-corrected chi connectivity index (χ4v) is 2.26. The molecule has 0 radical (unpaired) electrons. The van der Waals surface area contributed by atoms with Crippen molar-refractivity contribution < 1.29 is 9.53 Å². The Morgan fingerprint density at radius 2 is 2.13 bits per heavy atom. The second kappa shape index (κ2) is 6.83. The average Bonchev–Trinajstić information content (AvgIpc) is 2.70. The summed E-state index contributed by atoms with van der Waals surface area (Å²) in [5.74, 6) is 0.718. The van der Waals surface area contributed by atoms with Crippen LogP contribution in [0.25, 0.3) is 0 Å². The van der Waals surface area contributed by atoms with Gasteiger partial charge in [0.05, 0.1) is 13.0 Å². The van der Waals surface area contributed by atoms with Crippen LogP contribution < -0.4 is 5.32 Å². The van der Waals surface area contributed by atoms with Crippen LogP contribution in [0, 0.1) is 5.92 Å². The Kier molecular flexibility index (Phi) is 5.69. The van der Waals surface area contributed by atoms with Crippen LogP contribution in [0.1, 0.15) is 46.0 Å². The maximum absolute atomic E-state index is 11.1. The van der Waals surface area contributed by atoms with E-state index in [0.29, 0.717) is 19.1 Å². The molecule has 0 aromatic carbocycles. The van der Waals surface area contributed by atoms with Gasteiger partial charge in [-0.05, 0) is 32.6 Å². The molecular formula is C12H23NO2. The second-order valence-corrected chi connectivity index (χ2v) is 4.34. The van der Waals surface area contributed by atoms with E-state index in [9.17, 15) is 4.79 Å². The third-order valence-electron chi connectivity index (χ3n) is 3.21. The van der Waals surface area contributed by atoms with Crippen molar-refractivity contribution in [3.63, 3.8) is 0 Å². The van der Waals surface area contributed by atoms with E-state index in [1.54, 1.807) is 0 Å². The van der Waals surface area contributed by atoms with Crippen LogP contribution in [-0.4, -0.2) is 25.2 Å². The number of carbonyl (C=O) groups is 1. The van der Waals surface area contributed by atoms with Gasteiger partial charge in [-0.3, -0.25) is 4.79 Å². The van der Waals surface area contributed by atoms with Crippen LogP contribution in [0.2, 0.25) is 0 Å². The van der Waals surface area contributed by atoms with E-state index in [-0.39, 0.29) is 5.97 Å². The van der Waals surface area contributed by atoms with Gasteiger partial charge in [-0.25, -0.2) is 0 Å². The molecule has 1 N–H and O–H groups in total. The largest absolute Gasteiger partial charge is 0.466 e. The van der Waals surface area contributed by atoms with Gasteiger partial charge < -0.3 is 10.1 Å². The normalized spacial score (nSPS) is 19.1. The standard InChI is InChI=1S/C12H23NO2/c1-3-15-12(14)8-9-13-10(2)11-6-4-5-7-11/h10-11,13H,3-9H2,1-2H3. The highest BCUT2D eigenvalue weighted by molar-refractivity contribution is 5.69. The zero-order chi connectivity index (χ0) is 11.1. The molecule has 1 unspecified atom stereocenters. The molecule has 0 aromatic heterocycles. The van der Waals surface area contributed by atoms with Gasteiger partial charge in [0, 0.05) is 12.6 Å². The number of carbonyl (C=O) groups excluding carboxylic acids is 1. The van der Waals surface area contributed by atoms with Crippen LogP contribution in [0.5, 0.6) is 0 Å². The van der Waals surface area contributed by atoms with Crippen molar-refractivity contribution in [1.82, 2.24) is 5.32 Å². The fraction of sp³-hybridized carbons (Fsp3) is 0.917. The van der Waals surface area contributed by atoms with Crippen LogP contribution in [0.4, 0.5) is 0 Å². The van der Waals surface area contributed by atoms with E-state index >= 15 is 0 Å². The molecule has 88 valence electrons. The molecule has 15 heavy (non-hydrogen) atoms. The smallest absolute Gasteiger partial charge is 0.307 e. The van der Waals surface area contributed by atoms with Crippen LogP contribution in [-0.2, 0) is 9.53 Å². The molecular weight excluding hydrogens is 190 g/mol. The van der Waals surface area contributed by atoms with E-state index < -0.39 is 0 Å². The molecule has 1 fully saturated rings. The Morgan fingerprint density at radius 3 is 2.73 bits per heavy atom. The van der Waals surface area contributed by atoms with Gasteiger partial charge in [-0.1, -0.05) is 12.8 Å². The minimum Gasteiger partial charge on any atom is -0.466 e. The molecule has 0 heterocycles. The van der Waals surface area contributed by atoms with Crippen molar-refractivity contribution in [3.8, 4) is 0 Å². The van der Waals surface area contributed by atoms with Gasteiger partial charge in [0.25, 0.3) is 0 Å². The van der Waals surface area contributed by atoms with Crippen LogP contribution >= 0.6 is 0 Å². The van der Waals surface area contributed by atoms with Gasteiger partial charge in [-0.15, -0.1) is 0 Å². The third-order valence-corrected chi connectivity index (χ3v) is 3.21. The molecule has 0 aromatic rings. The fourth-order valence-electron chi connectivity index (χ4n) is 2.26. The summed E-state index contributed by atoms with van der Waals surface area (Å²) in [7, 11) is 0. The van der Waals surface area contributed by atoms with Gasteiger partial charge >= 0.3 is 5.97 Å². The number of rotatable bonds is 6. The summed E-state index contributed by atoms with van der Waals surface area (Å²) >= 11 is 0. The number of hydrogen-bond donors (Lipinski definition) is 1. The van der Waals surface area contributed by atoms with Crippen molar-refractivity contribution in [1.29, 1.82) is 0 Å². The van der Waals surface area contributed by atoms with E-state index in [1.807, 2.05) is 6.92 Å². The zero-order valence-corrected chi connectivity index (χ0v) is 9.92. The van der Waals surface area contributed by atoms with Gasteiger partial charge in [-0.2, -0.15) is 0 Å². The highest BCUT2D eigenvalue weighted by Gasteiger charge is 2.20. The van der Waals surface area contributed by atoms with E-state index in [0.717, 1.165) is 12.5 Å². The number of ether oxygens (including phenoxy) is 1. The van der Waals surface area contributed by atoms with Crippen molar-refractivity contribution >= 4 is 5.97 Å². The number of hydrogen-bond acceptors (Lipinski definition) is 3. The summed E-state index contributed by atoms with van der Waals surface area (Å²) in [5, 5.41) is 3.41. The highest BCUT2D eigenvalue weighted by atomic mass is 16.5. The maximum atomic E-state index is 11.1. The molecule has 1 atom stereocenters. The quantitative estimate of drug-likeness (QED) is 0.687. The molecule has 3 nitrogen and oxygen atoms in total. The first-order valence-electron chi connectivity index (χ1n) is 6.13. The summed E-state index contributed by atoms with van der Waals surface area (Å²) in [4.78, 5) is 11.1. The van der Waals surface area contributed by atoms with Crippen molar-refractivity contribution in [3.05, 3.63) is 0 Å². The monoisotopic (exact) mass is 213 g/mol. The van der Waals surface area contributed by atoms with Crippen molar-refractivity contribution in [2.75, 3.05) is 13.2 Å². The predicted molar refractivity (Wildman–Crippen MR) is 60.7 cm³/mol. The molecule has 1 aliphatic carbocycles. The Morgan fingerprint density at radius 1 is 1.47 bits per heavy atom. The molecule has 3 heteroatoms. The summed E-state index contributed by atoms with van der Waals surface area (Å²) in [6, 6.07) is 0.543. The van der Waals surface area contributed by atoms with E-state index in [4.69, 9.17) is 4.74 Å². The number of esters is 1. The Bertz CT molecular complexity index is 188. The summed E-state index contributed by atoms with van der Waals surface area (Å²) in [5.41, 5.74) is 0. The lowest BCUT2D eigenvalue weighted by atomic mass is 10.00. The molecule has 0 saturated heterocycles. The van der Waals surface area contributed by atoms with Gasteiger partial charge in [0.15, 0.2) is 0 Å². The molecule has 1 rings (SSSR count). The molecule has 0 aliphatic heterocycles. The Labute approximate surface area is 92.6 Å². The Balaban J connectivity index is 2.05. The summed E-state index contributed by atoms with van der Waals surface area (Å²) in [6.07, 6.45) is 5.91. The first-order chi connectivity index (χ1) is 7.24. The maximum Gasteiger partial charge on any atom is 0.307 e. The topological polar surface area (TPSA) is 38.3 Å². The van der Waals surface area contributed by atoms with Gasteiger partial charge in [0.2, 0.25) is 0 Å². The van der Waals surface area contributed by atoms with Crippen molar-refractivity contribution in [2.45, 2.75) is 52.0 Å². The minimum absolute atomic E-state index is 0.0939. The average molecular weight is 213 g/mol. The molecule has 0 spiro atoms. The summed E-state index contributed by atoms with van der Waals surface area (Å²) in [6.45, 7) is 5.29. The first kappa shape index (κ1) is 12.5. The SMILES string of the molecule is CCOC(=O)CCNC(C)C1CCCC1. The first-order valence-corrected chi connectivity index (χ1v) is 6.13. The predicted octanol–water partition coefficient (Wildman–Crippen LogP) is 2.11. The molecule has 0 bridgehead atoms. The highest BCUT2D eigenvalue weighted by Crippen LogP contribution is 2.27. The van der Waals surface area contributed by atoms with Crippen LogP contribution in [0.3, 0.4) is 0 Å². The van der Waals surface area contributed by atoms with E-state index in [1.165, 1.54) is 25.7 Å². The van der Waals surface area contributed by atoms with Crippen LogP contribution in [0.15, 0.2) is 0 Å². The second-order valence-electron chi connectivity index (χ2n) is 4.34. The molecule has 1 saturated carbocycles. The van der Waals surface area contributed by atoms with E-state index in [2.05, 4.69) is 12.2 Å². The lowest BCUT2D eigenvalue weighted by Gasteiger charge is -2.19. The lowest BCUT2D eigenvalue weighted by Crippen LogP contribution is -2.34. The molecule has 1 aliphatic rings. The van der Waals surface area contributed by atoms with Crippen molar-refractivity contribution in [2.24, 2.45) is 5.92 Å².